The van der Waals surface area contributed by atoms with E-state index in [1.807, 2.05) is 0 Å². The first kappa shape index (κ1) is 27.2. The summed E-state index contributed by atoms with van der Waals surface area (Å²) in [7, 11) is 0. The van der Waals surface area contributed by atoms with Gasteiger partial charge in [0.1, 0.15) is 24.2 Å². The number of aliphatic hydroxyl groups excluding tert-OH is 1. The number of nitrogens with one attached hydrogen (secondary N) is 3. The molecule has 4 unspecified atom stereocenters. The Bertz CT molecular complexity index is 615. The Kier molecular flexibility index (Phi) is 12.9. The lowest BCUT2D eigenvalue weighted by molar-refractivity contribution is -0.142. The number of carbonyl (C=O) groups is 5. The van der Waals surface area contributed by atoms with Gasteiger partial charge in [0, 0.05) is 6.42 Å². The van der Waals surface area contributed by atoms with Gasteiger partial charge in [0.25, 0.3) is 0 Å². The zero-order chi connectivity index (χ0) is 23.3. The molecule has 0 rings (SSSR count). The summed E-state index contributed by atoms with van der Waals surface area (Å²) in [5.41, 5.74) is 15.8. The number of nitrogens with two attached hydrogens (primary N) is 3. The zero-order valence-corrected chi connectivity index (χ0v) is 16.9. The fourth-order valence-electron chi connectivity index (χ4n) is 2.34. The maximum absolute atomic E-state index is 12.5. The number of carboxylic acid groups (broad SMARTS) is 1. The smallest absolute Gasteiger partial charge is 0.326 e. The molecule has 0 aromatic heterocycles. The number of aliphatic hydroxyl groups is 1. The third kappa shape index (κ3) is 10.7. The second-order valence-electron chi connectivity index (χ2n) is 6.77. The molecule has 0 saturated heterocycles. The first-order valence-corrected chi connectivity index (χ1v) is 9.52. The SMILES string of the molecule is CC(NC(=O)C(CCC(N)=O)NC(=O)C(N)CO)C(=O)NC(CCCCN)C(=O)O. The van der Waals surface area contributed by atoms with E-state index in [-0.39, 0.29) is 19.3 Å². The molecule has 0 aromatic rings. The van der Waals surface area contributed by atoms with Gasteiger partial charge in [-0.15, -0.1) is 0 Å². The van der Waals surface area contributed by atoms with Crippen LogP contribution in [0.4, 0.5) is 0 Å². The quantitative estimate of drug-likeness (QED) is 0.118. The van der Waals surface area contributed by atoms with Gasteiger partial charge in [0.15, 0.2) is 0 Å². The van der Waals surface area contributed by atoms with Gasteiger partial charge in [-0.3, -0.25) is 19.2 Å². The van der Waals surface area contributed by atoms with Gasteiger partial charge in [-0.25, -0.2) is 4.79 Å². The predicted octanol–water partition coefficient (Wildman–Crippen LogP) is -3.74. The van der Waals surface area contributed by atoms with Gasteiger partial charge in [-0.2, -0.15) is 0 Å². The molecule has 13 heteroatoms. The van der Waals surface area contributed by atoms with Gasteiger partial charge >= 0.3 is 5.97 Å². The molecule has 172 valence electrons. The Morgan fingerprint density at radius 1 is 0.900 bits per heavy atom. The van der Waals surface area contributed by atoms with Gasteiger partial charge < -0.3 is 43.4 Å². The van der Waals surface area contributed by atoms with Crippen molar-refractivity contribution in [3.63, 3.8) is 0 Å². The average Bonchev–Trinajstić information content (AvgIpc) is 2.68. The lowest BCUT2D eigenvalue weighted by Crippen LogP contribution is -2.56. The average molecular weight is 432 g/mol. The highest BCUT2D eigenvalue weighted by Crippen LogP contribution is 2.03. The van der Waals surface area contributed by atoms with Crippen molar-refractivity contribution in [3.05, 3.63) is 0 Å². The van der Waals surface area contributed by atoms with Gasteiger partial charge in [0.2, 0.25) is 23.6 Å². The number of carbonyl (C=O) groups excluding carboxylic acids is 4. The van der Waals surface area contributed by atoms with Gasteiger partial charge in [-0.1, -0.05) is 0 Å². The number of aliphatic carboxylic acids is 1. The number of hydrogen-bond donors (Lipinski definition) is 8. The Balaban J connectivity index is 4.99. The fourth-order valence-corrected chi connectivity index (χ4v) is 2.34. The minimum absolute atomic E-state index is 0.157. The molecule has 0 radical (unpaired) electrons. The molecule has 11 N–H and O–H groups in total. The summed E-state index contributed by atoms with van der Waals surface area (Å²) in [6, 6.07) is -4.79. The van der Waals surface area contributed by atoms with E-state index in [9.17, 15) is 29.1 Å². The second kappa shape index (κ2) is 14.3. The van der Waals surface area contributed by atoms with Crippen LogP contribution in [-0.4, -0.2) is 77.1 Å². The van der Waals surface area contributed by atoms with Crippen LogP contribution in [0.2, 0.25) is 0 Å². The molecule has 30 heavy (non-hydrogen) atoms. The van der Waals surface area contributed by atoms with Crippen molar-refractivity contribution in [1.29, 1.82) is 0 Å². The highest BCUT2D eigenvalue weighted by Gasteiger charge is 2.28. The molecule has 4 atom stereocenters. The lowest BCUT2D eigenvalue weighted by atomic mass is 10.1. The van der Waals surface area contributed by atoms with Crippen molar-refractivity contribution < 1.29 is 34.2 Å². The van der Waals surface area contributed by atoms with Crippen molar-refractivity contribution in [2.75, 3.05) is 13.2 Å². The highest BCUT2D eigenvalue weighted by molar-refractivity contribution is 5.94. The third-order valence-electron chi connectivity index (χ3n) is 4.16. The number of amides is 4. The predicted molar refractivity (Wildman–Crippen MR) is 105 cm³/mol. The molecule has 4 amide bonds. The molecule has 0 fully saturated rings. The highest BCUT2D eigenvalue weighted by atomic mass is 16.4. The topological polar surface area (TPSA) is 240 Å². The molecule has 0 saturated carbocycles. The summed E-state index contributed by atoms with van der Waals surface area (Å²) in [6.07, 6.45) is 0.894. The summed E-state index contributed by atoms with van der Waals surface area (Å²) in [5, 5.41) is 25.1. The van der Waals surface area contributed by atoms with Crippen molar-refractivity contribution >= 4 is 29.6 Å². The number of primary amides is 1. The normalized spacial score (nSPS) is 14.7. The van der Waals surface area contributed by atoms with Crippen LogP contribution in [0, 0.1) is 0 Å². The number of carboxylic acids is 1. The molecule has 0 aliphatic rings. The van der Waals surface area contributed by atoms with Crippen LogP contribution in [-0.2, 0) is 24.0 Å². The van der Waals surface area contributed by atoms with E-state index in [4.69, 9.17) is 22.3 Å². The van der Waals surface area contributed by atoms with E-state index in [2.05, 4.69) is 16.0 Å². The molecule has 0 bridgehead atoms. The lowest BCUT2D eigenvalue weighted by Gasteiger charge is -2.23. The number of rotatable bonds is 15. The molecular weight excluding hydrogens is 400 g/mol. The minimum Gasteiger partial charge on any atom is -0.480 e. The van der Waals surface area contributed by atoms with Crippen LogP contribution in [0.5, 0.6) is 0 Å². The maximum atomic E-state index is 12.5. The maximum Gasteiger partial charge on any atom is 0.326 e. The first-order valence-electron chi connectivity index (χ1n) is 9.52. The molecule has 13 nitrogen and oxygen atoms in total. The molecular formula is C17H32N6O7. The Labute approximate surface area is 174 Å². The van der Waals surface area contributed by atoms with E-state index < -0.39 is 60.4 Å². The summed E-state index contributed by atoms with van der Waals surface area (Å²) >= 11 is 0. The molecule has 0 aliphatic carbocycles. The van der Waals surface area contributed by atoms with E-state index in [1.54, 1.807) is 0 Å². The van der Waals surface area contributed by atoms with Crippen LogP contribution >= 0.6 is 0 Å². The van der Waals surface area contributed by atoms with Crippen molar-refractivity contribution in [2.24, 2.45) is 17.2 Å². The van der Waals surface area contributed by atoms with E-state index >= 15 is 0 Å². The molecule has 0 aliphatic heterocycles. The van der Waals surface area contributed by atoms with Crippen LogP contribution in [0.3, 0.4) is 0 Å². The van der Waals surface area contributed by atoms with Crippen LogP contribution < -0.4 is 33.2 Å². The van der Waals surface area contributed by atoms with Crippen molar-refractivity contribution in [1.82, 2.24) is 16.0 Å². The van der Waals surface area contributed by atoms with E-state index in [0.29, 0.717) is 19.4 Å². The fraction of sp³-hybridized carbons (Fsp3) is 0.706. The first-order chi connectivity index (χ1) is 14.0. The van der Waals surface area contributed by atoms with Crippen molar-refractivity contribution in [2.45, 2.75) is 63.2 Å². The standard InChI is InChI=1S/C17H32N6O7/c1-9(14(26)23-12(17(29)30)4-2-3-7-18)21-16(28)11(5-6-13(20)25)22-15(27)10(19)8-24/h9-12,24H,2-8,18-19H2,1H3,(H2,20,25)(H,21,28)(H,22,27)(H,23,26)(H,29,30). The van der Waals surface area contributed by atoms with Crippen LogP contribution in [0.15, 0.2) is 0 Å². The zero-order valence-electron chi connectivity index (χ0n) is 16.9. The molecule has 0 aromatic carbocycles. The summed E-state index contributed by atoms with van der Waals surface area (Å²) < 4.78 is 0. The number of unbranched alkanes of at least 4 members (excludes halogenated alkanes) is 1. The second-order valence-corrected chi connectivity index (χ2v) is 6.77. The molecule has 0 spiro atoms. The summed E-state index contributed by atoms with van der Waals surface area (Å²) in [6.45, 7) is 1.07. The van der Waals surface area contributed by atoms with Gasteiger partial charge in [-0.05, 0) is 39.2 Å². The van der Waals surface area contributed by atoms with Gasteiger partial charge in [0.05, 0.1) is 6.61 Å². The van der Waals surface area contributed by atoms with E-state index in [0.717, 1.165) is 0 Å². The Morgan fingerprint density at radius 2 is 1.50 bits per heavy atom. The molecule has 0 heterocycles. The largest absolute Gasteiger partial charge is 0.480 e. The summed E-state index contributed by atoms with van der Waals surface area (Å²) in [5.74, 6) is -4.29. The third-order valence-corrected chi connectivity index (χ3v) is 4.16. The Hall–Kier alpha value is -2.77. The minimum atomic E-state index is -1.28. The van der Waals surface area contributed by atoms with Crippen molar-refractivity contribution in [3.8, 4) is 0 Å². The van der Waals surface area contributed by atoms with Crippen LogP contribution in [0.25, 0.3) is 0 Å². The van der Waals surface area contributed by atoms with Crippen LogP contribution in [0.1, 0.15) is 39.0 Å². The van der Waals surface area contributed by atoms with E-state index in [1.165, 1.54) is 6.92 Å². The number of hydrogen-bond acceptors (Lipinski definition) is 8. The monoisotopic (exact) mass is 432 g/mol. The Morgan fingerprint density at radius 3 is 2.00 bits per heavy atom. The summed E-state index contributed by atoms with van der Waals surface area (Å²) in [4.78, 5) is 58.9.